The molecule has 0 bridgehead atoms. The van der Waals surface area contributed by atoms with Gasteiger partial charge in [-0.15, -0.1) is 0 Å². The molecule has 1 aromatic heterocycles. The summed E-state index contributed by atoms with van der Waals surface area (Å²) >= 11 is 11.8. The molecule has 1 heterocycles. The highest BCUT2D eigenvalue weighted by molar-refractivity contribution is 6.32. The van der Waals surface area contributed by atoms with Gasteiger partial charge in [0.1, 0.15) is 11.3 Å². The summed E-state index contributed by atoms with van der Waals surface area (Å²) in [6, 6.07) is 14.7. The summed E-state index contributed by atoms with van der Waals surface area (Å²) in [5.74, 6) is -0.682. The standard InChI is InChI=1S/C20H15Cl2N3O3/c21-15-4-1-3-14(9-15)12-25-8-2-5-16(20(25)28)19(27)24-23-11-13-6-7-18(26)17(22)10-13/h1-11,26H,12H2,(H,24,27)/b23-11-. The molecule has 2 aromatic carbocycles. The zero-order chi connectivity index (χ0) is 20.1. The summed E-state index contributed by atoms with van der Waals surface area (Å²) in [6.45, 7) is 0.287. The number of phenolic OH excluding ortho intramolecular Hbond substituents is 1. The van der Waals surface area contributed by atoms with E-state index in [0.29, 0.717) is 10.6 Å². The van der Waals surface area contributed by atoms with E-state index >= 15 is 0 Å². The zero-order valence-electron chi connectivity index (χ0n) is 14.5. The number of hydrogen-bond acceptors (Lipinski definition) is 4. The molecule has 0 saturated carbocycles. The molecular weight excluding hydrogens is 401 g/mol. The SMILES string of the molecule is O=C(N/N=C\c1ccc(O)c(Cl)c1)c1cccn(Cc2cccc(Cl)c2)c1=O. The summed E-state index contributed by atoms with van der Waals surface area (Å²) in [7, 11) is 0. The van der Waals surface area contributed by atoms with Gasteiger partial charge in [0.25, 0.3) is 11.5 Å². The van der Waals surface area contributed by atoms with Crippen LogP contribution in [0.25, 0.3) is 0 Å². The molecule has 0 aliphatic heterocycles. The van der Waals surface area contributed by atoms with Crippen molar-refractivity contribution in [2.24, 2.45) is 5.10 Å². The number of aromatic nitrogens is 1. The lowest BCUT2D eigenvalue weighted by Crippen LogP contribution is -2.30. The van der Waals surface area contributed by atoms with E-state index in [1.807, 2.05) is 6.07 Å². The first-order valence-corrected chi connectivity index (χ1v) is 8.95. The predicted molar refractivity (Wildman–Crippen MR) is 109 cm³/mol. The van der Waals surface area contributed by atoms with E-state index < -0.39 is 11.5 Å². The average Bonchev–Trinajstić information content (AvgIpc) is 2.66. The van der Waals surface area contributed by atoms with Gasteiger partial charge in [0.15, 0.2) is 0 Å². The first kappa shape index (κ1) is 19.7. The quantitative estimate of drug-likeness (QED) is 0.492. The highest BCUT2D eigenvalue weighted by Gasteiger charge is 2.11. The van der Waals surface area contributed by atoms with E-state index in [1.54, 1.807) is 36.5 Å². The first-order valence-electron chi connectivity index (χ1n) is 8.20. The molecule has 0 radical (unpaired) electrons. The minimum Gasteiger partial charge on any atom is -0.506 e. The smallest absolute Gasteiger partial charge is 0.276 e. The molecule has 28 heavy (non-hydrogen) atoms. The molecule has 0 atom stereocenters. The van der Waals surface area contributed by atoms with Crippen LogP contribution in [-0.4, -0.2) is 21.8 Å². The zero-order valence-corrected chi connectivity index (χ0v) is 16.0. The van der Waals surface area contributed by atoms with Crippen molar-refractivity contribution in [2.75, 3.05) is 0 Å². The van der Waals surface area contributed by atoms with Crippen molar-refractivity contribution in [1.82, 2.24) is 9.99 Å². The van der Waals surface area contributed by atoms with E-state index in [-0.39, 0.29) is 22.9 Å². The number of benzene rings is 2. The van der Waals surface area contributed by atoms with Gasteiger partial charge in [0.05, 0.1) is 17.8 Å². The Balaban J connectivity index is 1.74. The van der Waals surface area contributed by atoms with Crippen molar-refractivity contribution in [3.05, 3.63) is 97.9 Å². The van der Waals surface area contributed by atoms with E-state index in [1.165, 1.54) is 29.0 Å². The molecule has 0 aliphatic carbocycles. The molecule has 2 N–H and O–H groups in total. The van der Waals surface area contributed by atoms with Gasteiger partial charge in [-0.05, 0) is 53.6 Å². The molecule has 3 rings (SSSR count). The molecule has 142 valence electrons. The number of nitrogens with zero attached hydrogens (tertiary/aromatic N) is 2. The van der Waals surface area contributed by atoms with Crippen LogP contribution >= 0.6 is 23.2 Å². The Hall–Kier alpha value is -3.09. The Morgan fingerprint density at radius 2 is 1.96 bits per heavy atom. The Labute approximate surface area is 170 Å². The maximum atomic E-state index is 12.6. The Morgan fingerprint density at radius 3 is 2.71 bits per heavy atom. The van der Waals surface area contributed by atoms with Crippen LogP contribution in [0.3, 0.4) is 0 Å². The lowest BCUT2D eigenvalue weighted by molar-refractivity contribution is 0.0953. The fraction of sp³-hybridized carbons (Fsp3) is 0.0500. The lowest BCUT2D eigenvalue weighted by Gasteiger charge is -2.08. The third-order valence-electron chi connectivity index (χ3n) is 3.86. The van der Waals surface area contributed by atoms with E-state index in [0.717, 1.165) is 5.56 Å². The number of nitrogens with one attached hydrogen (secondary N) is 1. The number of aromatic hydroxyl groups is 1. The van der Waals surface area contributed by atoms with E-state index in [4.69, 9.17) is 23.2 Å². The maximum Gasteiger partial charge on any atom is 0.276 e. The number of rotatable bonds is 5. The average molecular weight is 416 g/mol. The van der Waals surface area contributed by atoms with Crippen LogP contribution < -0.4 is 11.0 Å². The maximum absolute atomic E-state index is 12.6. The van der Waals surface area contributed by atoms with Crippen LogP contribution in [0, 0.1) is 0 Å². The highest BCUT2D eigenvalue weighted by Crippen LogP contribution is 2.22. The number of halogens is 2. The van der Waals surface area contributed by atoms with E-state index in [9.17, 15) is 14.7 Å². The number of hydrogen-bond donors (Lipinski definition) is 2. The third-order valence-corrected chi connectivity index (χ3v) is 4.40. The second-order valence-electron chi connectivity index (χ2n) is 5.89. The molecule has 0 unspecified atom stereocenters. The van der Waals surface area contributed by atoms with Crippen LogP contribution in [0.15, 0.2) is 70.7 Å². The molecule has 0 saturated heterocycles. The normalized spacial score (nSPS) is 10.9. The van der Waals surface area contributed by atoms with Crippen molar-refractivity contribution >= 4 is 35.3 Å². The Morgan fingerprint density at radius 1 is 1.14 bits per heavy atom. The number of pyridine rings is 1. The largest absolute Gasteiger partial charge is 0.506 e. The second kappa shape index (κ2) is 8.73. The van der Waals surface area contributed by atoms with Gasteiger partial charge in [0, 0.05) is 11.2 Å². The topological polar surface area (TPSA) is 83.7 Å². The lowest BCUT2D eigenvalue weighted by atomic mass is 10.2. The van der Waals surface area contributed by atoms with Crippen molar-refractivity contribution in [3.63, 3.8) is 0 Å². The van der Waals surface area contributed by atoms with Gasteiger partial charge in [-0.2, -0.15) is 5.10 Å². The summed E-state index contributed by atoms with van der Waals surface area (Å²) < 4.78 is 1.42. The fourth-order valence-corrected chi connectivity index (χ4v) is 2.90. The first-order chi connectivity index (χ1) is 13.4. The predicted octanol–water partition coefficient (Wildman–Crippen LogP) is 3.67. The van der Waals surface area contributed by atoms with Crippen molar-refractivity contribution in [2.45, 2.75) is 6.54 Å². The number of hydrazone groups is 1. The van der Waals surface area contributed by atoms with E-state index in [2.05, 4.69) is 10.5 Å². The third kappa shape index (κ3) is 4.79. The van der Waals surface area contributed by atoms with Crippen LogP contribution in [0.5, 0.6) is 5.75 Å². The van der Waals surface area contributed by atoms with Crippen molar-refractivity contribution < 1.29 is 9.90 Å². The van der Waals surface area contributed by atoms with Crippen LogP contribution in [0.4, 0.5) is 0 Å². The van der Waals surface area contributed by atoms with Gasteiger partial charge < -0.3 is 9.67 Å². The highest BCUT2D eigenvalue weighted by atomic mass is 35.5. The number of phenols is 1. The number of amides is 1. The van der Waals surface area contributed by atoms with Crippen LogP contribution in [0.2, 0.25) is 10.0 Å². The molecule has 0 fully saturated rings. The monoisotopic (exact) mass is 415 g/mol. The molecule has 6 nitrogen and oxygen atoms in total. The summed E-state index contributed by atoms with van der Waals surface area (Å²) in [4.78, 5) is 24.9. The van der Waals surface area contributed by atoms with Gasteiger partial charge in [-0.25, -0.2) is 5.43 Å². The van der Waals surface area contributed by atoms with Gasteiger partial charge in [-0.3, -0.25) is 9.59 Å². The molecule has 0 spiro atoms. The molecule has 1 amide bonds. The minimum atomic E-state index is -0.633. The van der Waals surface area contributed by atoms with Crippen molar-refractivity contribution in [1.29, 1.82) is 0 Å². The molecule has 3 aromatic rings. The molecule has 0 aliphatic rings. The van der Waals surface area contributed by atoms with Gasteiger partial charge in [0.2, 0.25) is 0 Å². The van der Waals surface area contributed by atoms with Crippen LogP contribution in [-0.2, 0) is 6.54 Å². The molecular formula is C20H15Cl2N3O3. The number of carbonyl (C=O) groups is 1. The Kier molecular flexibility index (Phi) is 6.13. The summed E-state index contributed by atoms with van der Waals surface area (Å²) in [5.41, 5.74) is 3.25. The summed E-state index contributed by atoms with van der Waals surface area (Å²) in [5, 5.41) is 14.0. The van der Waals surface area contributed by atoms with Gasteiger partial charge in [-0.1, -0.05) is 35.3 Å². The minimum absolute atomic E-state index is 0.0367. The van der Waals surface area contributed by atoms with Crippen LogP contribution in [0.1, 0.15) is 21.5 Å². The number of carbonyl (C=O) groups excluding carboxylic acids is 1. The second-order valence-corrected chi connectivity index (χ2v) is 6.74. The van der Waals surface area contributed by atoms with Gasteiger partial charge >= 0.3 is 0 Å². The fourth-order valence-electron chi connectivity index (χ4n) is 2.50. The van der Waals surface area contributed by atoms with Crippen molar-refractivity contribution in [3.8, 4) is 5.75 Å². The Bertz CT molecular complexity index is 1110. The molecule has 8 heteroatoms. The summed E-state index contributed by atoms with van der Waals surface area (Å²) in [6.07, 6.45) is 2.96.